The first-order valence-electron chi connectivity index (χ1n) is 5.12. The zero-order valence-electron chi connectivity index (χ0n) is 9.75. The van der Waals surface area contributed by atoms with Crippen LogP contribution in [0, 0.1) is 0 Å². The number of amides is 1. The lowest BCUT2D eigenvalue weighted by Gasteiger charge is -2.10. The molecule has 0 atom stereocenters. The second kappa shape index (κ2) is 6.25. The third-order valence-corrected chi connectivity index (χ3v) is 2.52. The number of Topliss-reactive ketones (excluding diaryl/α,β-unsaturated/α-hetero) is 1. The van der Waals surface area contributed by atoms with Crippen LogP contribution in [-0.4, -0.2) is 18.8 Å². The molecule has 17 heavy (non-hydrogen) atoms. The number of halogens is 1. The predicted molar refractivity (Wildman–Crippen MR) is 65.1 cm³/mol. The van der Waals surface area contributed by atoms with Crippen LogP contribution in [0.15, 0.2) is 18.2 Å². The highest BCUT2D eigenvalue weighted by Crippen LogP contribution is 2.25. The van der Waals surface area contributed by atoms with Gasteiger partial charge >= 0.3 is 0 Å². The summed E-state index contributed by atoms with van der Waals surface area (Å²) in [6.07, 6.45) is -0.118. The maximum atomic E-state index is 11.3. The van der Waals surface area contributed by atoms with Gasteiger partial charge in [-0.3, -0.25) is 9.59 Å². The van der Waals surface area contributed by atoms with Gasteiger partial charge in [0, 0.05) is 17.1 Å². The second-order valence-corrected chi connectivity index (χ2v) is 3.98. The number of hydrogen-bond acceptors (Lipinski definition) is 3. The Balaban J connectivity index is 2.68. The zero-order valence-corrected chi connectivity index (χ0v) is 10.5. The van der Waals surface area contributed by atoms with Gasteiger partial charge < -0.3 is 10.1 Å². The fourth-order valence-corrected chi connectivity index (χ4v) is 1.61. The maximum Gasteiger partial charge on any atom is 0.227 e. The molecule has 0 unspecified atom stereocenters. The van der Waals surface area contributed by atoms with Crippen molar-refractivity contribution in [2.24, 2.45) is 0 Å². The number of nitrogens with one attached hydrogen (secondary N) is 1. The van der Waals surface area contributed by atoms with Gasteiger partial charge in [0.2, 0.25) is 5.91 Å². The van der Waals surface area contributed by atoms with Crippen molar-refractivity contribution in [2.45, 2.75) is 19.9 Å². The first-order valence-corrected chi connectivity index (χ1v) is 5.50. The standard InChI is InChI=1S/C12H14ClNO3/c1-8(15)6-12(16)14-7-9-10(13)4-3-5-11(9)17-2/h3-5H,6-7H2,1-2H3,(H,14,16). The fourth-order valence-electron chi connectivity index (χ4n) is 1.38. The summed E-state index contributed by atoms with van der Waals surface area (Å²) in [6.45, 7) is 1.62. The van der Waals surface area contributed by atoms with E-state index in [9.17, 15) is 9.59 Å². The molecule has 4 nitrogen and oxygen atoms in total. The van der Waals surface area contributed by atoms with E-state index in [2.05, 4.69) is 5.32 Å². The lowest BCUT2D eigenvalue weighted by molar-refractivity contribution is -0.127. The molecule has 1 amide bonds. The molecule has 1 aromatic carbocycles. The molecule has 5 heteroatoms. The Morgan fingerprint density at radius 2 is 2.12 bits per heavy atom. The second-order valence-electron chi connectivity index (χ2n) is 3.58. The van der Waals surface area contributed by atoms with Gasteiger partial charge in [-0.2, -0.15) is 0 Å². The van der Waals surface area contributed by atoms with Crippen LogP contribution in [0.4, 0.5) is 0 Å². The molecule has 0 aliphatic heterocycles. The number of benzene rings is 1. The molecule has 92 valence electrons. The van der Waals surface area contributed by atoms with Crippen molar-refractivity contribution in [1.82, 2.24) is 5.32 Å². The average Bonchev–Trinajstić information content (AvgIpc) is 2.26. The molecule has 0 aliphatic carbocycles. The van der Waals surface area contributed by atoms with E-state index in [0.717, 1.165) is 0 Å². The maximum absolute atomic E-state index is 11.3. The molecule has 0 radical (unpaired) electrons. The zero-order chi connectivity index (χ0) is 12.8. The monoisotopic (exact) mass is 255 g/mol. The molecular weight excluding hydrogens is 242 g/mol. The minimum atomic E-state index is -0.320. The van der Waals surface area contributed by atoms with Crippen molar-refractivity contribution < 1.29 is 14.3 Å². The third kappa shape index (κ3) is 4.07. The van der Waals surface area contributed by atoms with Crippen molar-refractivity contribution in [3.8, 4) is 5.75 Å². The molecular formula is C12H14ClNO3. The first kappa shape index (κ1) is 13.5. The molecule has 0 spiro atoms. The molecule has 0 saturated heterocycles. The minimum absolute atomic E-state index is 0.118. The summed E-state index contributed by atoms with van der Waals surface area (Å²) in [5.74, 6) is 0.119. The SMILES string of the molecule is COc1cccc(Cl)c1CNC(=O)CC(C)=O. The van der Waals surface area contributed by atoms with Crippen LogP contribution in [0.1, 0.15) is 18.9 Å². The van der Waals surface area contributed by atoms with Gasteiger partial charge in [0.05, 0.1) is 13.5 Å². The van der Waals surface area contributed by atoms with Crippen molar-refractivity contribution in [2.75, 3.05) is 7.11 Å². The van der Waals surface area contributed by atoms with E-state index in [1.807, 2.05) is 0 Å². The van der Waals surface area contributed by atoms with Crippen LogP contribution in [0.5, 0.6) is 5.75 Å². The summed E-state index contributed by atoms with van der Waals surface area (Å²) in [5, 5.41) is 3.14. The van der Waals surface area contributed by atoms with Crippen molar-refractivity contribution in [3.63, 3.8) is 0 Å². The van der Waals surface area contributed by atoms with Gasteiger partial charge in [0.25, 0.3) is 0 Å². The van der Waals surface area contributed by atoms with E-state index < -0.39 is 0 Å². The molecule has 0 aromatic heterocycles. The predicted octanol–water partition coefficient (Wildman–Crippen LogP) is 1.94. The molecule has 0 bridgehead atoms. The molecule has 0 heterocycles. The summed E-state index contributed by atoms with van der Waals surface area (Å²) in [5.41, 5.74) is 0.702. The smallest absolute Gasteiger partial charge is 0.227 e. The quantitative estimate of drug-likeness (QED) is 0.818. The lowest BCUT2D eigenvalue weighted by Crippen LogP contribution is -2.24. The van der Waals surface area contributed by atoms with E-state index in [1.54, 1.807) is 18.2 Å². The van der Waals surface area contributed by atoms with Crippen LogP contribution in [0.2, 0.25) is 5.02 Å². The number of carbonyl (C=O) groups is 2. The normalized spacial score (nSPS) is 9.82. The van der Waals surface area contributed by atoms with Crippen LogP contribution < -0.4 is 10.1 Å². The number of ketones is 1. The highest BCUT2D eigenvalue weighted by molar-refractivity contribution is 6.31. The van der Waals surface area contributed by atoms with Gasteiger partial charge in [0.1, 0.15) is 11.5 Å². The minimum Gasteiger partial charge on any atom is -0.496 e. The number of carbonyl (C=O) groups excluding carboxylic acids is 2. The Bertz CT molecular complexity index is 432. The highest BCUT2D eigenvalue weighted by atomic mass is 35.5. The molecule has 1 rings (SSSR count). The Morgan fingerprint density at radius 1 is 1.41 bits per heavy atom. The molecule has 1 N–H and O–H groups in total. The Hall–Kier alpha value is -1.55. The van der Waals surface area contributed by atoms with E-state index >= 15 is 0 Å². The highest BCUT2D eigenvalue weighted by Gasteiger charge is 2.10. The van der Waals surface area contributed by atoms with Gasteiger partial charge in [0.15, 0.2) is 0 Å². The number of ether oxygens (including phenoxy) is 1. The number of hydrogen-bond donors (Lipinski definition) is 1. The van der Waals surface area contributed by atoms with Crippen LogP contribution in [-0.2, 0) is 16.1 Å². The van der Waals surface area contributed by atoms with Crippen molar-refractivity contribution >= 4 is 23.3 Å². The van der Waals surface area contributed by atoms with E-state index in [0.29, 0.717) is 16.3 Å². The van der Waals surface area contributed by atoms with Crippen LogP contribution >= 0.6 is 11.6 Å². The largest absolute Gasteiger partial charge is 0.496 e. The fraction of sp³-hybridized carbons (Fsp3) is 0.333. The topological polar surface area (TPSA) is 55.4 Å². The Labute approximate surface area is 105 Å². The molecule has 0 saturated carbocycles. The van der Waals surface area contributed by atoms with Crippen molar-refractivity contribution in [1.29, 1.82) is 0 Å². The lowest BCUT2D eigenvalue weighted by atomic mass is 10.2. The van der Waals surface area contributed by atoms with Gasteiger partial charge in [-0.15, -0.1) is 0 Å². The summed E-state index contributed by atoms with van der Waals surface area (Å²) < 4.78 is 5.14. The van der Waals surface area contributed by atoms with Crippen LogP contribution in [0.3, 0.4) is 0 Å². The summed E-state index contributed by atoms with van der Waals surface area (Å²) in [4.78, 5) is 22.1. The molecule has 0 aliphatic rings. The molecule has 1 aromatic rings. The van der Waals surface area contributed by atoms with Gasteiger partial charge in [-0.1, -0.05) is 17.7 Å². The van der Waals surface area contributed by atoms with E-state index in [1.165, 1.54) is 14.0 Å². The number of methoxy groups -OCH3 is 1. The summed E-state index contributed by atoms with van der Waals surface area (Å²) in [7, 11) is 1.53. The summed E-state index contributed by atoms with van der Waals surface area (Å²) >= 11 is 6.00. The third-order valence-electron chi connectivity index (χ3n) is 2.17. The van der Waals surface area contributed by atoms with Gasteiger partial charge in [-0.25, -0.2) is 0 Å². The number of rotatable bonds is 5. The Morgan fingerprint density at radius 3 is 2.71 bits per heavy atom. The van der Waals surface area contributed by atoms with Gasteiger partial charge in [-0.05, 0) is 19.1 Å². The van der Waals surface area contributed by atoms with E-state index in [-0.39, 0.29) is 24.7 Å². The van der Waals surface area contributed by atoms with E-state index in [4.69, 9.17) is 16.3 Å². The van der Waals surface area contributed by atoms with Crippen LogP contribution in [0.25, 0.3) is 0 Å². The summed E-state index contributed by atoms with van der Waals surface area (Å²) in [6, 6.07) is 5.25. The average molecular weight is 256 g/mol. The van der Waals surface area contributed by atoms with Crippen molar-refractivity contribution in [3.05, 3.63) is 28.8 Å². The Kier molecular flexibility index (Phi) is 4.97. The molecule has 0 fully saturated rings. The first-order chi connectivity index (χ1) is 8.04.